The molecule has 400 valence electrons. The molecule has 0 aromatic carbocycles. The first-order valence-electron chi connectivity index (χ1n) is 29.4. The van der Waals surface area contributed by atoms with E-state index in [9.17, 15) is 9.59 Å². The molecule has 0 aromatic rings. The number of esters is 2. The van der Waals surface area contributed by atoms with Gasteiger partial charge in [0.05, 0.1) is 6.61 Å². The van der Waals surface area contributed by atoms with Crippen molar-refractivity contribution in [1.29, 1.82) is 0 Å². The molecule has 5 nitrogen and oxygen atoms in total. The van der Waals surface area contributed by atoms with E-state index in [-0.39, 0.29) is 25.2 Å². The molecule has 0 aromatic heterocycles. The maximum absolute atomic E-state index is 12.9. The van der Waals surface area contributed by atoms with Gasteiger partial charge in [0.25, 0.3) is 0 Å². The molecular weight excluding hydrogens is 861 g/mol. The van der Waals surface area contributed by atoms with E-state index in [0.717, 1.165) is 83.5 Å². The van der Waals surface area contributed by atoms with Gasteiger partial charge in [-0.15, -0.1) is 0 Å². The van der Waals surface area contributed by atoms with Crippen LogP contribution in [0.15, 0.2) is 109 Å². The minimum atomic E-state index is -0.581. The highest BCUT2D eigenvalue weighted by Crippen LogP contribution is 2.14. The van der Waals surface area contributed by atoms with Gasteiger partial charge in [-0.25, -0.2) is 0 Å². The lowest BCUT2D eigenvalue weighted by molar-refractivity contribution is -0.162. The number of rotatable bonds is 53. The van der Waals surface area contributed by atoms with Gasteiger partial charge in [-0.3, -0.25) is 9.59 Å². The number of carbonyl (C=O) groups is 2. The van der Waals surface area contributed by atoms with Gasteiger partial charge < -0.3 is 14.2 Å². The van der Waals surface area contributed by atoms with Crippen molar-refractivity contribution in [1.82, 2.24) is 0 Å². The normalized spacial score (nSPS) is 13.0. The van der Waals surface area contributed by atoms with Crippen LogP contribution < -0.4 is 0 Å². The van der Waals surface area contributed by atoms with Gasteiger partial charge >= 0.3 is 11.9 Å². The smallest absolute Gasteiger partial charge is 0.306 e. The summed E-state index contributed by atoms with van der Waals surface area (Å²) in [4.78, 5) is 25.5. The summed E-state index contributed by atoms with van der Waals surface area (Å²) in [5, 5.41) is 0. The second kappa shape index (κ2) is 59.9. The van der Waals surface area contributed by atoms with Gasteiger partial charge in [0, 0.05) is 19.4 Å². The Bertz CT molecular complexity index is 1380. The summed E-state index contributed by atoms with van der Waals surface area (Å²) in [5.74, 6) is -0.501. The van der Waals surface area contributed by atoms with E-state index >= 15 is 0 Å². The fraction of sp³-hybridized carbons (Fsp3) is 0.692. The highest BCUT2D eigenvalue weighted by atomic mass is 16.6. The highest BCUT2D eigenvalue weighted by Gasteiger charge is 2.17. The topological polar surface area (TPSA) is 61.8 Å². The Kier molecular flexibility index (Phi) is 56.9. The van der Waals surface area contributed by atoms with E-state index in [1.54, 1.807) is 0 Å². The standard InChI is InChI=1S/C65H110O5/c1-4-7-10-13-16-19-22-25-28-31-33-35-37-40-43-46-49-52-55-58-64(66)69-62-63(61-68-60-57-54-51-48-45-42-39-30-27-24-21-18-15-12-9-6-3)70-65(67)59-56-53-50-47-44-41-38-36-34-32-29-26-23-20-17-14-11-8-5-2/h7,10,16,18-19,21,25-30,33,35,40,43,49,52,63H,4-6,8-9,11-15,17,20,22-24,31-32,34,36-39,41-42,44-48,50-51,53-62H2,1-3H3/b10-7-,19-16-,21-18-,28-25-,29-26-,30-27-,35-33-,43-40-,52-49-. The van der Waals surface area contributed by atoms with Crippen LogP contribution in [0, 0.1) is 0 Å². The molecule has 5 heteroatoms. The Morgan fingerprint density at radius 2 is 0.671 bits per heavy atom. The zero-order valence-electron chi connectivity index (χ0n) is 46.0. The first kappa shape index (κ1) is 66.6. The molecule has 0 spiro atoms. The third-order valence-corrected chi connectivity index (χ3v) is 12.3. The average molecular weight is 972 g/mol. The van der Waals surface area contributed by atoms with Gasteiger partial charge in [0.1, 0.15) is 6.61 Å². The molecule has 0 bridgehead atoms. The molecule has 0 saturated carbocycles. The molecule has 0 amide bonds. The van der Waals surface area contributed by atoms with Crippen LogP contribution in [-0.4, -0.2) is 37.9 Å². The van der Waals surface area contributed by atoms with Crippen LogP contribution in [0.5, 0.6) is 0 Å². The second-order valence-electron chi connectivity index (χ2n) is 19.2. The van der Waals surface area contributed by atoms with E-state index in [4.69, 9.17) is 14.2 Å². The number of hydrogen-bond acceptors (Lipinski definition) is 5. The summed E-state index contributed by atoms with van der Waals surface area (Å²) in [7, 11) is 0. The van der Waals surface area contributed by atoms with Gasteiger partial charge in [0.15, 0.2) is 6.10 Å². The largest absolute Gasteiger partial charge is 0.462 e. The van der Waals surface area contributed by atoms with E-state index in [1.807, 2.05) is 6.08 Å². The molecule has 0 radical (unpaired) electrons. The zero-order chi connectivity index (χ0) is 50.6. The van der Waals surface area contributed by atoms with Gasteiger partial charge in [-0.05, 0) is 116 Å². The summed E-state index contributed by atoms with van der Waals surface area (Å²) < 4.78 is 17.4. The van der Waals surface area contributed by atoms with Crippen molar-refractivity contribution in [3.8, 4) is 0 Å². The minimum Gasteiger partial charge on any atom is -0.462 e. The van der Waals surface area contributed by atoms with Crippen LogP contribution >= 0.6 is 0 Å². The summed E-state index contributed by atoms with van der Waals surface area (Å²) in [6, 6.07) is 0. The average Bonchev–Trinajstić information content (AvgIpc) is 3.36. The Morgan fingerprint density at radius 3 is 1.13 bits per heavy atom. The van der Waals surface area contributed by atoms with Crippen LogP contribution in [0.25, 0.3) is 0 Å². The van der Waals surface area contributed by atoms with Crippen molar-refractivity contribution in [2.24, 2.45) is 0 Å². The quantitative estimate of drug-likeness (QED) is 0.0345. The Balaban J connectivity index is 4.41. The molecule has 70 heavy (non-hydrogen) atoms. The lowest BCUT2D eigenvalue weighted by Gasteiger charge is -2.18. The number of unbranched alkanes of at least 4 members (excludes halogenated alkanes) is 24. The molecule has 0 aliphatic carbocycles. The fourth-order valence-electron chi connectivity index (χ4n) is 7.91. The Labute approximate surface area is 434 Å². The predicted molar refractivity (Wildman–Crippen MR) is 306 cm³/mol. The molecule has 1 atom stereocenters. The first-order valence-corrected chi connectivity index (χ1v) is 29.4. The van der Waals surface area contributed by atoms with Gasteiger partial charge in [-0.1, -0.05) is 246 Å². The van der Waals surface area contributed by atoms with E-state index < -0.39 is 6.10 Å². The minimum absolute atomic E-state index is 0.0352. The van der Waals surface area contributed by atoms with E-state index in [0.29, 0.717) is 25.9 Å². The summed E-state index contributed by atoms with van der Waals surface area (Å²) in [6.45, 7) is 7.59. The van der Waals surface area contributed by atoms with Crippen LogP contribution in [0.2, 0.25) is 0 Å². The second-order valence-corrected chi connectivity index (χ2v) is 19.2. The van der Waals surface area contributed by atoms with E-state index in [2.05, 4.69) is 124 Å². The number of ether oxygens (including phenoxy) is 3. The molecule has 0 N–H and O–H groups in total. The predicted octanol–water partition coefficient (Wildman–Crippen LogP) is 20.3. The van der Waals surface area contributed by atoms with Gasteiger partial charge in [0.2, 0.25) is 0 Å². The molecule has 0 fully saturated rings. The Morgan fingerprint density at radius 1 is 0.329 bits per heavy atom. The van der Waals surface area contributed by atoms with Crippen LogP contribution in [-0.2, 0) is 23.8 Å². The molecule has 0 saturated heterocycles. The number of hydrogen-bond donors (Lipinski definition) is 0. The number of carbonyl (C=O) groups excluding carboxylic acids is 2. The van der Waals surface area contributed by atoms with E-state index in [1.165, 1.54) is 141 Å². The van der Waals surface area contributed by atoms with Crippen LogP contribution in [0.4, 0.5) is 0 Å². The van der Waals surface area contributed by atoms with Crippen molar-refractivity contribution in [3.63, 3.8) is 0 Å². The third-order valence-electron chi connectivity index (χ3n) is 12.3. The lowest BCUT2D eigenvalue weighted by Crippen LogP contribution is -2.30. The monoisotopic (exact) mass is 971 g/mol. The first-order chi connectivity index (χ1) is 34.6. The van der Waals surface area contributed by atoms with Crippen molar-refractivity contribution in [2.45, 2.75) is 271 Å². The van der Waals surface area contributed by atoms with Crippen molar-refractivity contribution in [3.05, 3.63) is 109 Å². The fourth-order valence-corrected chi connectivity index (χ4v) is 7.91. The summed E-state index contributed by atoms with van der Waals surface area (Å²) in [5.41, 5.74) is 0. The van der Waals surface area contributed by atoms with Crippen molar-refractivity contribution < 1.29 is 23.8 Å². The summed E-state index contributed by atoms with van der Waals surface area (Å²) >= 11 is 0. The maximum Gasteiger partial charge on any atom is 0.306 e. The SMILES string of the molecule is CC/C=C\C/C=C\C/C=C\C/C=C\C/C=C\C/C=C\CCC(=O)OCC(COCCCCCCCC/C=C\C/C=C\CCCCC)OC(=O)CCCCCCCCCCC/C=C\CCCCCCCC. The molecule has 0 rings (SSSR count). The van der Waals surface area contributed by atoms with Crippen LogP contribution in [0.3, 0.4) is 0 Å². The van der Waals surface area contributed by atoms with Crippen LogP contribution in [0.1, 0.15) is 265 Å². The molecule has 0 aliphatic rings. The highest BCUT2D eigenvalue weighted by molar-refractivity contribution is 5.70. The lowest BCUT2D eigenvalue weighted by atomic mass is 10.1. The maximum atomic E-state index is 12.9. The molecule has 0 heterocycles. The van der Waals surface area contributed by atoms with Crippen molar-refractivity contribution >= 4 is 11.9 Å². The molecule has 0 aliphatic heterocycles. The van der Waals surface area contributed by atoms with Crippen molar-refractivity contribution in [2.75, 3.05) is 19.8 Å². The number of allylic oxidation sites excluding steroid dienone is 18. The summed E-state index contributed by atoms with van der Waals surface area (Å²) in [6.07, 6.45) is 82.6. The zero-order valence-corrected chi connectivity index (χ0v) is 46.0. The Hall–Kier alpha value is -3.44. The van der Waals surface area contributed by atoms with Gasteiger partial charge in [-0.2, -0.15) is 0 Å². The molecular formula is C65H110O5. The third kappa shape index (κ3) is 57.1. The molecule has 1 unspecified atom stereocenters.